The van der Waals surface area contributed by atoms with Crippen LogP contribution in [0, 0.1) is 20.1 Å². The quantitative estimate of drug-likeness (QED) is 0.0841. The first-order valence-electron chi connectivity index (χ1n) is 17.2. The van der Waals surface area contributed by atoms with Crippen molar-refractivity contribution < 1.29 is 17.5 Å². The van der Waals surface area contributed by atoms with Gasteiger partial charge in [0.2, 0.25) is 11.4 Å². The van der Waals surface area contributed by atoms with Gasteiger partial charge in [-0.2, -0.15) is 4.58 Å². The average Bonchev–Trinajstić information content (AvgIpc) is 3.13. The second-order valence-corrected chi connectivity index (χ2v) is 13.9. The lowest BCUT2D eigenvalue weighted by Gasteiger charge is -2.28. The van der Waals surface area contributed by atoms with E-state index in [2.05, 4.69) is 57.3 Å². The molecule has 4 aromatic carbocycles. The van der Waals surface area contributed by atoms with Crippen LogP contribution in [0.25, 0.3) is 15.3 Å². The second-order valence-electron chi connectivity index (χ2n) is 12.6. The van der Waals surface area contributed by atoms with Crippen LogP contribution in [0.5, 0.6) is 0 Å². The molecule has 51 heavy (non-hydrogen) atoms. The summed E-state index contributed by atoms with van der Waals surface area (Å²) in [6.45, 7) is 24.7. The number of hydrogen-bond acceptors (Lipinski definition) is 4. The van der Waals surface area contributed by atoms with Crippen molar-refractivity contribution in [1.82, 2.24) is 0 Å². The second kappa shape index (κ2) is 16.4. The van der Waals surface area contributed by atoms with Crippen molar-refractivity contribution in [2.24, 2.45) is 0 Å². The van der Waals surface area contributed by atoms with E-state index in [0.29, 0.717) is 22.5 Å². The van der Waals surface area contributed by atoms with E-state index >= 15 is 0 Å². The van der Waals surface area contributed by atoms with E-state index < -0.39 is 10.1 Å². The molecule has 0 aromatic heterocycles. The van der Waals surface area contributed by atoms with Crippen LogP contribution in [-0.4, -0.2) is 36.3 Å². The molecule has 0 N–H and O–H groups in total. The van der Waals surface area contributed by atoms with Crippen molar-refractivity contribution in [3.63, 3.8) is 0 Å². The third kappa shape index (κ3) is 8.44. The number of aryl methyl sites for hydroxylation is 1. The molecule has 0 aliphatic heterocycles. The summed E-state index contributed by atoms with van der Waals surface area (Å²) in [7, 11) is -4.79. The highest BCUT2D eigenvalue weighted by Crippen LogP contribution is 2.38. The van der Waals surface area contributed by atoms with Crippen LogP contribution >= 0.6 is 0 Å². The Hall–Kier alpha value is -5.54. The topological polar surface area (TPSA) is 72.2 Å². The molecule has 8 heteroatoms. The summed E-state index contributed by atoms with van der Waals surface area (Å²) in [6, 6.07) is 27.7. The first-order valence-corrected chi connectivity index (χ1v) is 18.6. The van der Waals surface area contributed by atoms with Crippen LogP contribution in [-0.2, 0) is 10.1 Å². The van der Waals surface area contributed by atoms with Crippen LogP contribution in [0.15, 0.2) is 125 Å². The molecule has 0 spiro atoms. The third-order valence-electron chi connectivity index (χ3n) is 9.03. The van der Waals surface area contributed by atoms with E-state index in [-0.39, 0.29) is 4.90 Å². The molecule has 0 bridgehead atoms. The Kier molecular flexibility index (Phi) is 11.8. The van der Waals surface area contributed by atoms with Crippen molar-refractivity contribution >= 4 is 49.8 Å². The van der Waals surface area contributed by atoms with Gasteiger partial charge in [-0.05, 0) is 109 Å². The Morgan fingerprint density at radius 2 is 1.47 bits per heavy atom. The van der Waals surface area contributed by atoms with Gasteiger partial charge in [-0.25, -0.2) is 18.1 Å². The predicted molar refractivity (Wildman–Crippen MR) is 207 cm³/mol. The highest BCUT2D eigenvalue weighted by atomic mass is 32.2. The first kappa shape index (κ1) is 36.7. The summed E-state index contributed by atoms with van der Waals surface area (Å²) >= 11 is 0. The lowest BCUT2D eigenvalue weighted by atomic mass is 9.88. The highest BCUT2D eigenvalue weighted by molar-refractivity contribution is 7.85. The van der Waals surface area contributed by atoms with E-state index in [4.69, 9.17) is 13.1 Å². The van der Waals surface area contributed by atoms with Crippen LogP contribution in [0.4, 0.5) is 28.4 Å². The molecule has 5 rings (SSSR count). The standard InChI is InChI=1S/C43H42N4O3S/c1-7-9-27-46(37-21-17-35(44-5)18-22-37)40-25-15-33(29-31(40)3)43(39-13-11-12-14-42(39)51(48,49)50)34-16-26-41(32(4)30-34)47(28-10-8-2)38-23-19-36(45-6)20-24-38/h11-26,29-30H,7-10,27-28H2,1-4H3. The summed E-state index contributed by atoms with van der Waals surface area (Å²) in [5.41, 5.74) is 9.71. The van der Waals surface area contributed by atoms with E-state index in [0.717, 1.165) is 83.8 Å². The molecule has 258 valence electrons. The average molecular weight is 695 g/mol. The number of allylic oxidation sites excluding steroid dienone is 5. The summed E-state index contributed by atoms with van der Waals surface area (Å²) < 4.78 is 40.1. The lowest BCUT2D eigenvalue weighted by Crippen LogP contribution is -2.20. The normalized spacial score (nSPS) is 14.7. The Balaban J connectivity index is 1.69. The zero-order valence-electron chi connectivity index (χ0n) is 29.6. The van der Waals surface area contributed by atoms with Gasteiger partial charge in [0.1, 0.15) is 16.7 Å². The van der Waals surface area contributed by atoms with Gasteiger partial charge < -0.3 is 9.45 Å². The first-order chi connectivity index (χ1) is 24.6. The molecule has 7 nitrogen and oxygen atoms in total. The molecule has 0 unspecified atom stereocenters. The number of anilines is 2. The summed E-state index contributed by atoms with van der Waals surface area (Å²) in [6.07, 6.45) is 10.1. The van der Waals surface area contributed by atoms with Crippen LogP contribution < -0.4 is 4.90 Å². The molecule has 0 fully saturated rings. The van der Waals surface area contributed by atoms with Crippen LogP contribution in [0.1, 0.15) is 63.1 Å². The van der Waals surface area contributed by atoms with Gasteiger partial charge >= 0.3 is 0 Å². The zero-order chi connectivity index (χ0) is 36.5. The minimum Gasteiger partial charge on any atom is -0.744 e. The molecular weight excluding hydrogens is 653 g/mol. The Bertz CT molecular complexity index is 2230. The van der Waals surface area contributed by atoms with Gasteiger partial charge in [-0.1, -0.05) is 63.1 Å². The maximum atomic E-state index is 12.6. The minimum atomic E-state index is -4.79. The summed E-state index contributed by atoms with van der Waals surface area (Å²) in [4.78, 5) is 9.07. The van der Waals surface area contributed by atoms with Gasteiger partial charge in [0.15, 0.2) is 11.4 Å². The fourth-order valence-electron chi connectivity index (χ4n) is 6.42. The summed E-state index contributed by atoms with van der Waals surface area (Å²) in [5.74, 6) is 0. The Labute approximate surface area is 302 Å². The molecule has 0 heterocycles. The SMILES string of the molecule is [C-]#[N+]c1ccc(N(CCCC)c2ccc(/C(=C3\C=CC(=[N+](CCCC)c4ccc([N+]#[C-])cc4)C(C)=C3)c3ccccc3S(=O)(=O)[O-])cc2C)cc1. The van der Waals surface area contributed by atoms with Gasteiger partial charge in [-0.3, -0.25) is 0 Å². The number of hydrogen-bond donors (Lipinski definition) is 0. The van der Waals surface area contributed by atoms with E-state index in [1.54, 1.807) is 18.2 Å². The smallest absolute Gasteiger partial charge is 0.208 e. The van der Waals surface area contributed by atoms with E-state index in [9.17, 15) is 13.0 Å². The summed E-state index contributed by atoms with van der Waals surface area (Å²) in [5, 5.41) is 0. The molecular formula is C43H42N4O3S. The zero-order valence-corrected chi connectivity index (χ0v) is 30.4. The number of rotatable bonds is 12. The molecule has 4 aromatic rings. The monoisotopic (exact) mass is 694 g/mol. The van der Waals surface area contributed by atoms with Crippen molar-refractivity contribution in [3.05, 3.63) is 160 Å². The van der Waals surface area contributed by atoms with Crippen molar-refractivity contribution in [2.75, 3.05) is 18.0 Å². The lowest BCUT2D eigenvalue weighted by molar-refractivity contribution is -0.440. The maximum absolute atomic E-state index is 12.6. The Morgan fingerprint density at radius 1 is 0.824 bits per heavy atom. The number of benzene rings is 4. The van der Waals surface area contributed by atoms with Gasteiger partial charge in [0.25, 0.3) is 0 Å². The van der Waals surface area contributed by atoms with Crippen molar-refractivity contribution in [1.29, 1.82) is 0 Å². The largest absolute Gasteiger partial charge is 0.744 e. The van der Waals surface area contributed by atoms with Crippen LogP contribution in [0.2, 0.25) is 0 Å². The number of unbranched alkanes of at least 4 members (excludes halogenated alkanes) is 2. The third-order valence-corrected chi connectivity index (χ3v) is 9.92. The molecule has 0 saturated carbocycles. The highest BCUT2D eigenvalue weighted by Gasteiger charge is 2.24. The van der Waals surface area contributed by atoms with Crippen LogP contribution in [0.3, 0.4) is 0 Å². The van der Waals surface area contributed by atoms with Crippen molar-refractivity contribution in [3.8, 4) is 0 Å². The predicted octanol–water partition coefficient (Wildman–Crippen LogP) is 10.8. The fraction of sp³-hybridized carbons (Fsp3) is 0.233. The number of nitrogens with zero attached hydrogens (tertiary/aromatic N) is 4. The molecule has 0 radical (unpaired) electrons. The molecule has 0 amide bonds. The molecule has 0 saturated heterocycles. The van der Waals surface area contributed by atoms with Gasteiger partial charge in [-0.15, -0.1) is 0 Å². The minimum absolute atomic E-state index is 0.266. The van der Waals surface area contributed by atoms with Gasteiger partial charge in [0, 0.05) is 41.6 Å². The van der Waals surface area contributed by atoms with Gasteiger partial charge in [0.05, 0.1) is 18.0 Å². The molecule has 1 aliphatic carbocycles. The molecule has 1 aliphatic rings. The van der Waals surface area contributed by atoms with Crippen molar-refractivity contribution in [2.45, 2.75) is 58.3 Å². The Morgan fingerprint density at radius 3 is 2.06 bits per heavy atom. The van der Waals surface area contributed by atoms with E-state index in [1.807, 2.05) is 74.5 Å². The maximum Gasteiger partial charge on any atom is 0.208 e. The fourth-order valence-corrected chi connectivity index (χ4v) is 7.11. The van der Waals surface area contributed by atoms with E-state index in [1.165, 1.54) is 6.07 Å². The molecule has 0 atom stereocenters.